The van der Waals surface area contributed by atoms with Crippen molar-refractivity contribution < 1.29 is 4.79 Å². The van der Waals surface area contributed by atoms with Crippen LogP contribution in [0.25, 0.3) is 5.69 Å². The Kier molecular flexibility index (Phi) is 4.98. The maximum absolute atomic E-state index is 12.6. The Bertz CT molecular complexity index is 976. The van der Waals surface area contributed by atoms with Crippen LogP contribution >= 0.6 is 0 Å². The molecule has 0 saturated carbocycles. The molecule has 1 N–H and O–H groups in total. The van der Waals surface area contributed by atoms with Crippen molar-refractivity contribution in [1.82, 2.24) is 15.1 Å². The fourth-order valence-electron chi connectivity index (χ4n) is 2.74. The minimum Gasteiger partial charge on any atom is -0.344 e. The molecule has 1 aromatic heterocycles. The van der Waals surface area contributed by atoms with Gasteiger partial charge in [0.1, 0.15) is 0 Å². The summed E-state index contributed by atoms with van der Waals surface area (Å²) in [5, 5.41) is 7.15. The molecule has 1 amide bonds. The fourth-order valence-corrected chi connectivity index (χ4v) is 2.74. The molecule has 0 fully saturated rings. The van der Waals surface area contributed by atoms with Gasteiger partial charge < -0.3 is 5.32 Å². The van der Waals surface area contributed by atoms with Crippen LogP contribution in [-0.4, -0.2) is 15.7 Å². The van der Waals surface area contributed by atoms with Crippen LogP contribution in [0.4, 0.5) is 0 Å². The minimum absolute atomic E-state index is 0.113. The molecule has 3 rings (SSSR count). The Morgan fingerprint density at radius 1 is 1.04 bits per heavy atom. The molecule has 0 aliphatic heterocycles. The van der Waals surface area contributed by atoms with E-state index in [2.05, 4.69) is 10.4 Å². The van der Waals surface area contributed by atoms with Gasteiger partial charge in [-0.25, -0.2) is 4.68 Å². The first-order valence-corrected chi connectivity index (χ1v) is 8.49. The van der Waals surface area contributed by atoms with Crippen LogP contribution in [0.2, 0.25) is 0 Å². The first-order chi connectivity index (χ1) is 12.5. The highest BCUT2D eigenvalue weighted by Crippen LogP contribution is 2.14. The zero-order chi connectivity index (χ0) is 18.7. The average molecular weight is 347 g/mol. The summed E-state index contributed by atoms with van der Waals surface area (Å²) in [6.45, 7) is 5.68. The number of hydrogen-bond donors (Lipinski definition) is 1. The number of aromatic nitrogens is 2. The van der Waals surface area contributed by atoms with Crippen LogP contribution in [-0.2, 0) is 0 Å². The molecule has 5 nitrogen and oxygen atoms in total. The SMILES string of the molecule is Cc1ccc(C(C)NC(=O)c2nn(-c3ccccc3)c(C)cc2=O)cc1. The fraction of sp³-hybridized carbons (Fsp3) is 0.190. The summed E-state index contributed by atoms with van der Waals surface area (Å²) in [6.07, 6.45) is 0. The molecule has 0 bridgehead atoms. The number of aryl methyl sites for hydroxylation is 2. The summed E-state index contributed by atoms with van der Waals surface area (Å²) in [5.41, 5.74) is 3.09. The molecule has 1 heterocycles. The predicted octanol–water partition coefficient (Wildman–Crippen LogP) is 3.34. The summed E-state index contributed by atoms with van der Waals surface area (Å²) in [6, 6.07) is 18.5. The molecule has 1 atom stereocenters. The second-order valence-electron chi connectivity index (χ2n) is 6.35. The highest BCUT2D eigenvalue weighted by molar-refractivity contribution is 5.92. The lowest BCUT2D eigenvalue weighted by Gasteiger charge is -2.15. The van der Waals surface area contributed by atoms with Crippen molar-refractivity contribution >= 4 is 5.91 Å². The van der Waals surface area contributed by atoms with Crippen molar-refractivity contribution in [2.45, 2.75) is 26.8 Å². The molecular formula is C21H21N3O2. The van der Waals surface area contributed by atoms with Crippen LogP contribution < -0.4 is 10.7 Å². The molecule has 0 radical (unpaired) electrons. The van der Waals surface area contributed by atoms with Crippen LogP contribution in [0.1, 0.15) is 40.3 Å². The van der Waals surface area contributed by atoms with Gasteiger partial charge in [0.2, 0.25) is 5.43 Å². The number of amides is 1. The van der Waals surface area contributed by atoms with Gasteiger partial charge in [-0.3, -0.25) is 9.59 Å². The van der Waals surface area contributed by atoms with Crippen LogP contribution in [0, 0.1) is 13.8 Å². The average Bonchev–Trinajstić information content (AvgIpc) is 2.63. The largest absolute Gasteiger partial charge is 0.344 e. The third kappa shape index (κ3) is 3.72. The number of nitrogens with one attached hydrogen (secondary N) is 1. The molecule has 132 valence electrons. The zero-order valence-electron chi connectivity index (χ0n) is 15.1. The van der Waals surface area contributed by atoms with Gasteiger partial charge in [-0.15, -0.1) is 0 Å². The standard InChI is InChI=1S/C21H21N3O2/c1-14-9-11-17(12-10-14)16(3)22-21(26)20-19(25)13-15(2)24(23-20)18-7-5-4-6-8-18/h4-13,16H,1-3H3,(H,22,26). The Morgan fingerprint density at radius 2 is 1.69 bits per heavy atom. The van der Waals surface area contributed by atoms with Crippen LogP contribution in [0.15, 0.2) is 65.5 Å². The van der Waals surface area contributed by atoms with Gasteiger partial charge in [-0.2, -0.15) is 5.10 Å². The molecule has 0 aliphatic carbocycles. The minimum atomic E-state index is -0.479. The van der Waals surface area contributed by atoms with E-state index in [1.54, 1.807) is 11.6 Å². The van der Waals surface area contributed by atoms with E-state index < -0.39 is 5.91 Å². The lowest BCUT2D eigenvalue weighted by Crippen LogP contribution is -2.33. The van der Waals surface area contributed by atoms with Gasteiger partial charge in [0.25, 0.3) is 5.91 Å². The molecule has 26 heavy (non-hydrogen) atoms. The number of benzene rings is 2. The smallest absolute Gasteiger partial charge is 0.276 e. The first kappa shape index (κ1) is 17.6. The summed E-state index contributed by atoms with van der Waals surface area (Å²) in [4.78, 5) is 24.9. The summed E-state index contributed by atoms with van der Waals surface area (Å²) < 4.78 is 1.60. The molecule has 0 spiro atoms. The van der Waals surface area contributed by atoms with Crippen molar-refractivity contribution in [3.05, 3.63) is 93.4 Å². The Balaban J connectivity index is 1.89. The van der Waals surface area contributed by atoms with Crippen LogP contribution in [0.5, 0.6) is 0 Å². The second kappa shape index (κ2) is 7.35. The van der Waals surface area contributed by atoms with Crippen molar-refractivity contribution in [3.8, 4) is 5.69 Å². The number of nitrogens with zero attached hydrogens (tertiary/aromatic N) is 2. The molecule has 2 aromatic carbocycles. The topological polar surface area (TPSA) is 64.0 Å². The van der Waals surface area contributed by atoms with Crippen LogP contribution in [0.3, 0.4) is 0 Å². The quantitative estimate of drug-likeness (QED) is 0.787. The van der Waals surface area contributed by atoms with Gasteiger partial charge in [0.15, 0.2) is 5.69 Å². The Morgan fingerprint density at radius 3 is 2.35 bits per heavy atom. The predicted molar refractivity (Wildman–Crippen MR) is 102 cm³/mol. The Labute approximate surface area is 152 Å². The Hall–Kier alpha value is -3.21. The first-order valence-electron chi connectivity index (χ1n) is 8.49. The highest BCUT2D eigenvalue weighted by Gasteiger charge is 2.18. The summed E-state index contributed by atoms with van der Waals surface area (Å²) in [5.74, 6) is -0.479. The lowest BCUT2D eigenvalue weighted by atomic mass is 10.1. The van der Waals surface area contributed by atoms with Gasteiger partial charge in [0, 0.05) is 11.8 Å². The summed E-state index contributed by atoms with van der Waals surface area (Å²) >= 11 is 0. The number of para-hydroxylation sites is 1. The van der Waals surface area contributed by atoms with Crippen molar-refractivity contribution in [3.63, 3.8) is 0 Å². The normalized spacial score (nSPS) is 11.8. The van der Waals surface area contributed by atoms with Gasteiger partial charge in [-0.05, 0) is 38.5 Å². The molecule has 0 saturated heterocycles. The van der Waals surface area contributed by atoms with Gasteiger partial charge >= 0.3 is 0 Å². The number of carbonyl (C=O) groups is 1. The van der Waals surface area contributed by atoms with E-state index >= 15 is 0 Å². The van der Waals surface area contributed by atoms with E-state index in [1.165, 1.54) is 6.07 Å². The van der Waals surface area contributed by atoms with E-state index in [9.17, 15) is 9.59 Å². The van der Waals surface area contributed by atoms with Crippen molar-refractivity contribution in [1.29, 1.82) is 0 Å². The molecule has 5 heteroatoms. The zero-order valence-corrected chi connectivity index (χ0v) is 15.1. The van der Waals surface area contributed by atoms with E-state index in [0.29, 0.717) is 5.69 Å². The van der Waals surface area contributed by atoms with Crippen molar-refractivity contribution in [2.75, 3.05) is 0 Å². The number of carbonyl (C=O) groups excluding carboxylic acids is 1. The second-order valence-corrected chi connectivity index (χ2v) is 6.35. The molecular weight excluding hydrogens is 326 g/mol. The molecule has 0 aliphatic rings. The van der Waals surface area contributed by atoms with E-state index in [0.717, 1.165) is 16.8 Å². The van der Waals surface area contributed by atoms with Crippen molar-refractivity contribution in [2.24, 2.45) is 0 Å². The molecule has 3 aromatic rings. The highest BCUT2D eigenvalue weighted by atomic mass is 16.2. The third-order valence-electron chi connectivity index (χ3n) is 4.25. The monoisotopic (exact) mass is 347 g/mol. The third-order valence-corrected chi connectivity index (χ3v) is 4.25. The van der Waals surface area contributed by atoms with E-state index in [-0.39, 0.29) is 17.2 Å². The lowest BCUT2D eigenvalue weighted by molar-refractivity contribution is 0.0932. The number of hydrogen-bond acceptors (Lipinski definition) is 3. The van der Waals surface area contributed by atoms with E-state index in [1.807, 2.05) is 68.4 Å². The van der Waals surface area contributed by atoms with Gasteiger partial charge in [0.05, 0.1) is 11.7 Å². The van der Waals surface area contributed by atoms with E-state index in [4.69, 9.17) is 0 Å². The summed E-state index contributed by atoms with van der Waals surface area (Å²) in [7, 11) is 0. The molecule has 1 unspecified atom stereocenters. The van der Waals surface area contributed by atoms with Gasteiger partial charge in [-0.1, -0.05) is 48.0 Å². The maximum atomic E-state index is 12.6. The number of rotatable bonds is 4. The maximum Gasteiger partial charge on any atom is 0.276 e.